The lowest BCUT2D eigenvalue weighted by molar-refractivity contribution is -0.143. The molecule has 97 heavy (non-hydrogen) atoms. The van der Waals surface area contributed by atoms with Crippen molar-refractivity contribution < 1.29 is 24.5 Å². The molecule has 0 aliphatic rings. The minimum atomic E-state index is -0.664. The van der Waals surface area contributed by atoms with Crippen molar-refractivity contribution in [2.75, 3.05) is 13.2 Å². The molecule has 0 aromatic carbocycles. The molecule has 0 spiro atoms. The Morgan fingerprint density at radius 2 is 0.515 bits per heavy atom. The lowest BCUT2D eigenvalue weighted by Gasteiger charge is -2.22. The highest BCUT2D eigenvalue weighted by Crippen LogP contribution is 2.21. The zero-order valence-electron chi connectivity index (χ0n) is 66.1. The van der Waals surface area contributed by atoms with Crippen molar-refractivity contribution in [1.82, 2.24) is 5.32 Å². The van der Waals surface area contributed by atoms with Gasteiger partial charge in [0, 0.05) is 12.8 Å². The van der Waals surface area contributed by atoms with E-state index in [1.165, 1.54) is 424 Å². The number of carbonyl (C=O) groups is 2. The van der Waals surface area contributed by atoms with Gasteiger partial charge in [-0.15, -0.1) is 0 Å². The Morgan fingerprint density at radius 3 is 0.794 bits per heavy atom. The first kappa shape index (κ1) is 95.1. The predicted octanol–water partition coefficient (Wildman–Crippen LogP) is 30.1. The minimum absolute atomic E-state index is 0.0180. The van der Waals surface area contributed by atoms with E-state index in [2.05, 4.69) is 55.6 Å². The molecule has 0 fully saturated rings. The summed E-state index contributed by atoms with van der Waals surface area (Å²) in [6.45, 7) is 5.01. The van der Waals surface area contributed by atoms with Crippen LogP contribution in [-0.2, 0) is 14.3 Å². The molecule has 0 heterocycles. The topological polar surface area (TPSA) is 95.9 Å². The third kappa shape index (κ3) is 82.9. The van der Waals surface area contributed by atoms with Crippen molar-refractivity contribution in [2.45, 2.75) is 520 Å². The van der Waals surface area contributed by atoms with Crippen molar-refractivity contribution in [3.63, 3.8) is 0 Å². The van der Waals surface area contributed by atoms with Gasteiger partial charge in [-0.05, 0) is 83.5 Å². The Morgan fingerprint density at radius 1 is 0.289 bits per heavy atom. The molecule has 6 nitrogen and oxygen atoms in total. The van der Waals surface area contributed by atoms with Crippen molar-refractivity contribution >= 4 is 11.9 Å². The molecule has 0 saturated heterocycles. The maximum Gasteiger partial charge on any atom is 0.305 e. The maximum atomic E-state index is 12.6. The smallest absolute Gasteiger partial charge is 0.305 e. The van der Waals surface area contributed by atoms with E-state index >= 15 is 0 Å². The molecule has 0 aliphatic heterocycles. The number of unbranched alkanes of at least 4 members (excludes halogenated alkanes) is 68. The minimum Gasteiger partial charge on any atom is -0.466 e. The number of carbonyl (C=O) groups excluding carboxylic acids is 2. The van der Waals surface area contributed by atoms with E-state index in [0.29, 0.717) is 25.9 Å². The Balaban J connectivity index is 3.35. The van der Waals surface area contributed by atoms with Gasteiger partial charge in [0.15, 0.2) is 0 Å². The maximum absolute atomic E-state index is 12.6. The number of ether oxygens (including phenoxy) is 1. The van der Waals surface area contributed by atoms with E-state index < -0.39 is 12.1 Å². The first-order chi connectivity index (χ1) is 48.0. The predicted molar refractivity (Wildman–Crippen MR) is 430 cm³/mol. The van der Waals surface area contributed by atoms with Gasteiger partial charge in [0.05, 0.1) is 25.4 Å². The summed E-state index contributed by atoms with van der Waals surface area (Å²) in [7, 11) is 0. The van der Waals surface area contributed by atoms with Crippen LogP contribution in [0.3, 0.4) is 0 Å². The Kier molecular flexibility index (Phi) is 84.8. The molecule has 2 unspecified atom stereocenters. The molecule has 3 N–H and O–H groups in total. The molecular formula is C91H175NO5. The van der Waals surface area contributed by atoms with E-state index in [-0.39, 0.29) is 18.5 Å². The first-order valence-electron chi connectivity index (χ1n) is 44.7. The zero-order chi connectivity index (χ0) is 69.8. The number of aliphatic hydroxyl groups excluding tert-OH is 2. The van der Waals surface area contributed by atoms with Crippen LogP contribution in [0.1, 0.15) is 508 Å². The first-order valence-corrected chi connectivity index (χ1v) is 44.7. The van der Waals surface area contributed by atoms with Crippen LogP contribution in [0, 0.1) is 0 Å². The highest BCUT2D eigenvalue weighted by atomic mass is 16.5. The van der Waals surface area contributed by atoms with Crippen LogP contribution in [0.5, 0.6) is 0 Å². The number of rotatable bonds is 85. The van der Waals surface area contributed by atoms with E-state index in [0.717, 1.165) is 51.4 Å². The molecule has 0 rings (SSSR count). The van der Waals surface area contributed by atoms with Crippen molar-refractivity contribution in [1.29, 1.82) is 0 Å². The fourth-order valence-electron chi connectivity index (χ4n) is 14.4. The van der Waals surface area contributed by atoms with Crippen LogP contribution in [0.25, 0.3) is 0 Å². The van der Waals surface area contributed by atoms with Crippen LogP contribution in [0.2, 0.25) is 0 Å². The number of nitrogens with one attached hydrogen (secondary N) is 1. The third-order valence-corrected chi connectivity index (χ3v) is 21.2. The number of aliphatic hydroxyl groups is 2. The largest absolute Gasteiger partial charge is 0.466 e. The Labute approximate surface area is 608 Å². The quantitative estimate of drug-likeness (QED) is 0.0320. The van der Waals surface area contributed by atoms with E-state index in [1.807, 2.05) is 0 Å². The highest BCUT2D eigenvalue weighted by Gasteiger charge is 2.20. The molecule has 0 aromatic heterocycles. The fourth-order valence-corrected chi connectivity index (χ4v) is 14.4. The summed E-state index contributed by atoms with van der Waals surface area (Å²) in [6.07, 6.45) is 114. The third-order valence-electron chi connectivity index (χ3n) is 21.2. The second kappa shape index (κ2) is 86.5. The van der Waals surface area contributed by atoms with Gasteiger partial charge in [-0.1, -0.05) is 448 Å². The summed E-state index contributed by atoms with van der Waals surface area (Å²) < 4.78 is 5.51. The van der Waals surface area contributed by atoms with Crippen LogP contribution in [0.15, 0.2) is 36.5 Å². The summed E-state index contributed by atoms with van der Waals surface area (Å²) in [5, 5.41) is 23.5. The van der Waals surface area contributed by atoms with Crippen molar-refractivity contribution in [2.24, 2.45) is 0 Å². The monoisotopic (exact) mass is 1360 g/mol. The lowest BCUT2D eigenvalue weighted by atomic mass is 10.0. The molecule has 0 radical (unpaired) electrons. The highest BCUT2D eigenvalue weighted by molar-refractivity contribution is 5.76. The average molecular weight is 1360 g/mol. The molecule has 0 saturated carbocycles. The molecule has 1 amide bonds. The molecule has 2 atom stereocenters. The van der Waals surface area contributed by atoms with E-state index in [4.69, 9.17) is 4.74 Å². The molecule has 0 aromatic rings. The van der Waals surface area contributed by atoms with Gasteiger partial charge in [0.1, 0.15) is 0 Å². The van der Waals surface area contributed by atoms with Gasteiger partial charge >= 0.3 is 5.97 Å². The molecular weight excluding hydrogens is 1190 g/mol. The number of allylic oxidation sites excluding steroid dienone is 6. The van der Waals surface area contributed by atoms with Gasteiger partial charge in [-0.3, -0.25) is 9.59 Å². The van der Waals surface area contributed by atoms with Crippen LogP contribution in [-0.4, -0.2) is 47.4 Å². The number of hydrogen-bond donors (Lipinski definition) is 3. The number of hydrogen-bond acceptors (Lipinski definition) is 5. The van der Waals surface area contributed by atoms with E-state index in [9.17, 15) is 19.8 Å². The standard InChI is InChI=1S/C91H175NO5/c1-3-5-7-9-11-13-15-17-19-21-22-23-24-42-45-48-52-55-59-63-67-71-75-79-83-89(94)88(87-93)92-90(95)84-80-76-72-68-64-60-56-53-49-46-43-40-38-36-34-32-30-28-26-25-27-29-31-33-35-37-39-41-44-47-50-54-58-62-66-70-74-78-82-86-97-91(96)85-81-77-73-69-65-61-57-51-20-18-16-14-12-10-8-6-4-2/h18,20,25-26,29,31,88-89,93-94H,3-17,19,21-24,27-28,30,32-87H2,1-2H3,(H,92,95)/b20-18-,26-25-,31-29-. The number of esters is 1. The summed E-state index contributed by atoms with van der Waals surface area (Å²) >= 11 is 0. The second-order valence-electron chi connectivity index (χ2n) is 30.9. The van der Waals surface area contributed by atoms with Gasteiger partial charge in [0.25, 0.3) is 0 Å². The molecule has 0 bridgehead atoms. The van der Waals surface area contributed by atoms with Gasteiger partial charge < -0.3 is 20.3 Å². The fraction of sp³-hybridized carbons (Fsp3) is 0.912. The van der Waals surface area contributed by atoms with Gasteiger partial charge in [-0.2, -0.15) is 0 Å². The summed E-state index contributed by atoms with van der Waals surface area (Å²) in [5.41, 5.74) is 0. The summed E-state index contributed by atoms with van der Waals surface area (Å²) in [5.74, 6) is -0.00772. The van der Waals surface area contributed by atoms with Crippen molar-refractivity contribution in [3.8, 4) is 0 Å². The van der Waals surface area contributed by atoms with Crippen LogP contribution < -0.4 is 5.32 Å². The molecule has 574 valence electrons. The summed E-state index contributed by atoms with van der Waals surface area (Å²) in [6, 6.07) is -0.541. The zero-order valence-corrected chi connectivity index (χ0v) is 66.1. The summed E-state index contributed by atoms with van der Waals surface area (Å²) in [4.78, 5) is 24.7. The Bertz CT molecular complexity index is 1570. The molecule has 0 aliphatic carbocycles. The van der Waals surface area contributed by atoms with Crippen molar-refractivity contribution in [3.05, 3.63) is 36.5 Å². The second-order valence-corrected chi connectivity index (χ2v) is 30.9. The van der Waals surface area contributed by atoms with E-state index in [1.54, 1.807) is 0 Å². The van der Waals surface area contributed by atoms with Gasteiger partial charge in [-0.25, -0.2) is 0 Å². The average Bonchev–Trinajstić information content (AvgIpc) is 2.53. The molecule has 6 heteroatoms. The SMILES string of the molecule is CCCCCCCC/C=C\CCCCCCCCCC(=O)OCCCCCCCCCCCCCCCCC/C=C\C/C=C\CCCCCCCCCCCCCCCCCCCC(=O)NC(CO)C(O)CCCCCCCCCCCCCCCCCCCCCCCCCC. The normalized spacial score (nSPS) is 12.6. The van der Waals surface area contributed by atoms with Crippen LogP contribution in [0.4, 0.5) is 0 Å². The Hall–Kier alpha value is -1.92. The van der Waals surface area contributed by atoms with Crippen LogP contribution >= 0.6 is 0 Å². The number of amides is 1. The van der Waals surface area contributed by atoms with Gasteiger partial charge in [0.2, 0.25) is 5.91 Å². The lowest BCUT2D eigenvalue weighted by Crippen LogP contribution is -2.45.